The van der Waals surface area contributed by atoms with Gasteiger partial charge in [0.1, 0.15) is 5.75 Å². The molecule has 0 aliphatic carbocycles. The van der Waals surface area contributed by atoms with Gasteiger partial charge < -0.3 is 4.74 Å². The second-order valence-electron chi connectivity index (χ2n) is 7.33. The molecular formula is C23H24N2O4S2. The zero-order valence-electron chi connectivity index (χ0n) is 17.5. The number of carbonyl (C=O) groups is 1. The van der Waals surface area contributed by atoms with Gasteiger partial charge in [0.2, 0.25) is 5.91 Å². The van der Waals surface area contributed by atoms with Crippen molar-refractivity contribution in [1.29, 1.82) is 0 Å². The number of benzene rings is 2. The second-order valence-corrected chi connectivity index (χ2v) is 10.2. The molecule has 1 aromatic heterocycles. The number of hydrogen-bond donors (Lipinski definition) is 1. The first-order valence-electron chi connectivity index (χ1n) is 9.68. The predicted octanol–water partition coefficient (Wildman–Crippen LogP) is 4.90. The van der Waals surface area contributed by atoms with Gasteiger partial charge in [0, 0.05) is 17.0 Å². The van der Waals surface area contributed by atoms with Crippen LogP contribution < -0.4 is 10.1 Å². The zero-order chi connectivity index (χ0) is 22.4. The highest BCUT2D eigenvalue weighted by Crippen LogP contribution is 2.26. The van der Waals surface area contributed by atoms with E-state index in [2.05, 4.69) is 10.3 Å². The number of rotatable bonds is 8. The van der Waals surface area contributed by atoms with Crippen molar-refractivity contribution in [2.45, 2.75) is 18.7 Å². The van der Waals surface area contributed by atoms with Gasteiger partial charge in [0.15, 0.2) is 15.0 Å². The number of thiazole rings is 1. The summed E-state index contributed by atoms with van der Waals surface area (Å²) in [5, 5.41) is 5.11. The number of ether oxygens (including phenoxy) is 1. The molecule has 2 aromatic carbocycles. The van der Waals surface area contributed by atoms with Gasteiger partial charge in [0.05, 0.1) is 23.5 Å². The predicted molar refractivity (Wildman–Crippen MR) is 125 cm³/mol. The normalized spacial score (nSPS) is 11.7. The maximum absolute atomic E-state index is 12.3. The van der Waals surface area contributed by atoms with E-state index in [1.54, 1.807) is 37.5 Å². The first kappa shape index (κ1) is 22.7. The Labute approximate surface area is 186 Å². The van der Waals surface area contributed by atoms with E-state index in [9.17, 15) is 13.2 Å². The smallest absolute Gasteiger partial charge is 0.250 e. The van der Waals surface area contributed by atoms with Gasteiger partial charge in [-0.2, -0.15) is 0 Å². The highest BCUT2D eigenvalue weighted by Gasteiger charge is 2.15. The Bertz CT molecular complexity index is 1160. The molecule has 0 saturated heterocycles. The van der Waals surface area contributed by atoms with Crippen LogP contribution in [0.3, 0.4) is 0 Å². The van der Waals surface area contributed by atoms with Gasteiger partial charge in [-0.05, 0) is 54.0 Å². The molecule has 0 spiro atoms. The fourth-order valence-corrected chi connectivity index (χ4v) is 5.21. The molecule has 0 bridgehead atoms. The van der Waals surface area contributed by atoms with Gasteiger partial charge in [-0.15, -0.1) is 11.3 Å². The lowest BCUT2D eigenvalue weighted by molar-refractivity contribution is -0.111. The molecule has 31 heavy (non-hydrogen) atoms. The van der Waals surface area contributed by atoms with Gasteiger partial charge >= 0.3 is 0 Å². The third-order valence-electron chi connectivity index (χ3n) is 4.34. The number of anilines is 1. The number of amides is 1. The van der Waals surface area contributed by atoms with Gasteiger partial charge in [0.25, 0.3) is 0 Å². The van der Waals surface area contributed by atoms with Crippen LogP contribution in [-0.4, -0.2) is 32.2 Å². The van der Waals surface area contributed by atoms with Crippen molar-refractivity contribution in [2.75, 3.05) is 18.2 Å². The number of carbonyl (C=O) groups excluding carboxylic acids is 1. The topological polar surface area (TPSA) is 85.4 Å². The van der Waals surface area contributed by atoms with E-state index in [1.807, 2.05) is 43.5 Å². The largest absolute Gasteiger partial charge is 0.497 e. The van der Waals surface area contributed by atoms with Crippen LogP contribution in [-0.2, 0) is 14.6 Å². The van der Waals surface area contributed by atoms with E-state index in [4.69, 9.17) is 4.74 Å². The number of nitrogens with zero attached hydrogens (tertiary/aromatic N) is 1. The van der Waals surface area contributed by atoms with Crippen molar-refractivity contribution in [1.82, 2.24) is 4.98 Å². The molecule has 0 atom stereocenters. The van der Waals surface area contributed by atoms with Crippen LogP contribution in [0.4, 0.5) is 5.13 Å². The minimum absolute atomic E-state index is 0.0596. The summed E-state index contributed by atoms with van der Waals surface area (Å²) in [5.74, 6) is 0.622. The summed E-state index contributed by atoms with van der Waals surface area (Å²) in [6.07, 6.45) is 3.03. The summed E-state index contributed by atoms with van der Waals surface area (Å²) in [6.45, 7) is 3.74. The summed E-state index contributed by atoms with van der Waals surface area (Å²) in [5.41, 5.74) is 2.43. The van der Waals surface area contributed by atoms with E-state index in [0.29, 0.717) is 5.13 Å². The zero-order valence-corrected chi connectivity index (χ0v) is 19.2. The van der Waals surface area contributed by atoms with Gasteiger partial charge in [-0.3, -0.25) is 10.1 Å². The molecule has 0 saturated carbocycles. The van der Waals surface area contributed by atoms with Crippen LogP contribution in [0, 0.1) is 5.92 Å². The Morgan fingerprint density at radius 3 is 2.42 bits per heavy atom. The maximum atomic E-state index is 12.3. The molecule has 0 unspecified atom stereocenters. The Morgan fingerprint density at radius 2 is 1.81 bits per heavy atom. The van der Waals surface area contributed by atoms with Crippen molar-refractivity contribution in [3.63, 3.8) is 0 Å². The molecule has 6 nitrogen and oxygen atoms in total. The Hall–Kier alpha value is -2.97. The fraction of sp³-hybridized carbons (Fsp3) is 0.217. The number of sulfone groups is 1. The Balaban J connectivity index is 1.61. The van der Waals surface area contributed by atoms with Crippen LogP contribution in [0.1, 0.15) is 19.4 Å². The molecular weight excluding hydrogens is 432 g/mol. The van der Waals surface area contributed by atoms with Crippen LogP contribution >= 0.6 is 11.3 Å². The molecule has 0 radical (unpaired) electrons. The third kappa shape index (κ3) is 6.26. The minimum atomic E-state index is -3.29. The lowest BCUT2D eigenvalue weighted by Crippen LogP contribution is -2.11. The molecule has 1 amide bonds. The average Bonchev–Trinajstić information content (AvgIpc) is 3.20. The van der Waals surface area contributed by atoms with Crippen LogP contribution in [0.15, 0.2) is 64.9 Å². The van der Waals surface area contributed by atoms with Crippen molar-refractivity contribution in [2.24, 2.45) is 5.92 Å². The summed E-state index contributed by atoms with van der Waals surface area (Å²) in [4.78, 5) is 16.9. The highest BCUT2D eigenvalue weighted by atomic mass is 32.2. The molecule has 162 valence electrons. The number of nitrogens with one attached hydrogen (secondary N) is 1. The third-order valence-corrected chi connectivity index (χ3v) is 7.19. The van der Waals surface area contributed by atoms with E-state index in [1.165, 1.54) is 17.4 Å². The molecule has 8 heteroatoms. The molecule has 0 aliphatic rings. The molecule has 0 fully saturated rings. The maximum Gasteiger partial charge on any atom is 0.250 e. The molecule has 1 N–H and O–H groups in total. The SMILES string of the molecule is COc1ccc(-c2csc(NC(=O)/C=C/c3ccc(S(=O)(=O)CC(C)C)cc3)n2)cc1. The molecule has 3 aromatic rings. The van der Waals surface area contributed by atoms with E-state index in [0.717, 1.165) is 22.6 Å². The number of hydrogen-bond acceptors (Lipinski definition) is 6. The standard InChI is InChI=1S/C23H24N2O4S2/c1-16(2)15-31(27,28)20-11-4-17(5-12-20)6-13-22(26)25-23-24-21(14-30-23)18-7-9-19(29-3)10-8-18/h4-14,16H,15H2,1-3H3,(H,24,25,26)/b13-6+. The van der Waals surface area contributed by atoms with Crippen molar-refractivity contribution in [3.05, 3.63) is 65.6 Å². The van der Waals surface area contributed by atoms with Gasteiger partial charge in [-0.1, -0.05) is 26.0 Å². The minimum Gasteiger partial charge on any atom is -0.497 e. The Morgan fingerprint density at radius 1 is 1.13 bits per heavy atom. The van der Waals surface area contributed by atoms with Gasteiger partial charge in [-0.25, -0.2) is 13.4 Å². The Kier molecular flexibility index (Phi) is 7.25. The molecule has 1 heterocycles. The molecule has 3 rings (SSSR count). The second kappa shape index (κ2) is 9.89. The quantitative estimate of drug-likeness (QED) is 0.487. The van der Waals surface area contributed by atoms with Crippen molar-refractivity contribution in [3.8, 4) is 17.0 Å². The van der Waals surface area contributed by atoms with Crippen molar-refractivity contribution < 1.29 is 17.9 Å². The number of aromatic nitrogens is 1. The average molecular weight is 457 g/mol. The first-order chi connectivity index (χ1) is 14.8. The summed E-state index contributed by atoms with van der Waals surface area (Å²) >= 11 is 1.34. The fourth-order valence-electron chi connectivity index (χ4n) is 2.87. The monoisotopic (exact) mass is 456 g/mol. The summed E-state index contributed by atoms with van der Waals surface area (Å²) in [7, 11) is -1.68. The van der Waals surface area contributed by atoms with Crippen LogP contribution in [0.25, 0.3) is 17.3 Å². The van der Waals surface area contributed by atoms with Crippen LogP contribution in [0.5, 0.6) is 5.75 Å². The van der Waals surface area contributed by atoms with E-state index >= 15 is 0 Å². The lowest BCUT2D eigenvalue weighted by Gasteiger charge is -2.07. The van der Waals surface area contributed by atoms with Crippen LogP contribution in [0.2, 0.25) is 0 Å². The number of methoxy groups -OCH3 is 1. The summed E-state index contributed by atoms with van der Waals surface area (Å²) in [6, 6.07) is 14.0. The molecule has 0 aliphatic heterocycles. The lowest BCUT2D eigenvalue weighted by atomic mass is 10.2. The van der Waals surface area contributed by atoms with E-state index < -0.39 is 9.84 Å². The van der Waals surface area contributed by atoms with E-state index in [-0.39, 0.29) is 22.5 Å². The first-order valence-corrected chi connectivity index (χ1v) is 12.2. The highest BCUT2D eigenvalue weighted by molar-refractivity contribution is 7.91. The van der Waals surface area contributed by atoms with Crippen molar-refractivity contribution >= 4 is 38.3 Å². The summed E-state index contributed by atoms with van der Waals surface area (Å²) < 4.78 is 29.7.